The number of thiophene rings is 1. The molecule has 5 heteroatoms. The molecular weight excluding hydrogens is 266 g/mol. The highest BCUT2D eigenvalue weighted by Crippen LogP contribution is 2.27. The maximum atomic E-state index is 6.18. The minimum absolute atomic E-state index is 0.580. The van der Waals surface area contributed by atoms with Crippen molar-refractivity contribution in [3.63, 3.8) is 0 Å². The van der Waals surface area contributed by atoms with Crippen molar-refractivity contribution in [1.29, 1.82) is 0 Å². The number of hydrogen-bond donors (Lipinski definition) is 0. The summed E-state index contributed by atoms with van der Waals surface area (Å²) in [5.41, 5.74) is 0. The molecule has 0 radical (unpaired) electrons. The molecule has 3 rings (SSSR count). The van der Waals surface area contributed by atoms with Crippen molar-refractivity contribution in [2.45, 2.75) is 20.4 Å². The second-order valence-electron chi connectivity index (χ2n) is 5.22. The van der Waals surface area contributed by atoms with E-state index in [0.717, 1.165) is 47.5 Å². The highest BCUT2D eigenvalue weighted by molar-refractivity contribution is 7.16. The molecule has 2 unspecified atom stereocenters. The van der Waals surface area contributed by atoms with Crippen LogP contribution in [0.4, 0.5) is 0 Å². The predicted octanol–water partition coefficient (Wildman–Crippen LogP) is 3.43. The Morgan fingerprint density at radius 1 is 1.33 bits per heavy atom. The lowest BCUT2D eigenvalue weighted by molar-refractivity contribution is 0.308. The van der Waals surface area contributed by atoms with E-state index in [2.05, 4.69) is 28.7 Å². The van der Waals surface area contributed by atoms with Crippen LogP contribution in [-0.4, -0.2) is 28.0 Å². The third-order valence-electron chi connectivity index (χ3n) is 3.75. The van der Waals surface area contributed by atoms with Gasteiger partial charge >= 0.3 is 0 Å². The Labute approximate surface area is 116 Å². The van der Waals surface area contributed by atoms with Gasteiger partial charge in [0.25, 0.3) is 0 Å². The van der Waals surface area contributed by atoms with Crippen LogP contribution in [0.2, 0.25) is 5.15 Å². The fraction of sp³-hybridized carbons (Fsp3) is 0.538. The van der Waals surface area contributed by atoms with Gasteiger partial charge < -0.3 is 0 Å². The third kappa shape index (κ3) is 2.25. The number of nitrogens with zero attached hydrogens (tertiary/aromatic N) is 3. The summed E-state index contributed by atoms with van der Waals surface area (Å²) in [6, 6.07) is 1.98. The van der Waals surface area contributed by atoms with Crippen molar-refractivity contribution >= 4 is 33.2 Å². The van der Waals surface area contributed by atoms with Crippen molar-refractivity contribution in [2.24, 2.45) is 11.8 Å². The maximum absolute atomic E-state index is 6.18. The van der Waals surface area contributed by atoms with Crippen LogP contribution in [0.15, 0.2) is 11.4 Å². The Hall–Kier alpha value is -0.710. The molecule has 2 aromatic rings. The molecule has 18 heavy (non-hydrogen) atoms. The Morgan fingerprint density at radius 2 is 2.06 bits per heavy atom. The van der Waals surface area contributed by atoms with Crippen LogP contribution in [0.5, 0.6) is 0 Å². The highest BCUT2D eigenvalue weighted by Gasteiger charge is 2.26. The lowest BCUT2D eigenvalue weighted by Gasteiger charge is -2.14. The topological polar surface area (TPSA) is 29.0 Å². The number of fused-ring (bicyclic) bond motifs is 1. The predicted molar refractivity (Wildman–Crippen MR) is 76.0 cm³/mol. The van der Waals surface area contributed by atoms with Crippen LogP contribution < -0.4 is 0 Å². The van der Waals surface area contributed by atoms with Gasteiger partial charge in [-0.3, -0.25) is 4.90 Å². The maximum Gasteiger partial charge on any atom is 0.145 e. The summed E-state index contributed by atoms with van der Waals surface area (Å²) in [5, 5.41) is 3.56. The van der Waals surface area contributed by atoms with Gasteiger partial charge in [0.05, 0.1) is 6.54 Å². The summed E-state index contributed by atoms with van der Waals surface area (Å²) >= 11 is 7.80. The molecule has 2 aromatic heterocycles. The molecule has 1 fully saturated rings. The Morgan fingerprint density at radius 3 is 2.78 bits per heavy atom. The minimum atomic E-state index is 0.580. The Balaban J connectivity index is 1.82. The van der Waals surface area contributed by atoms with Crippen LogP contribution in [0, 0.1) is 11.8 Å². The van der Waals surface area contributed by atoms with Crippen LogP contribution in [0.3, 0.4) is 0 Å². The van der Waals surface area contributed by atoms with Crippen molar-refractivity contribution < 1.29 is 0 Å². The molecule has 0 amide bonds. The molecule has 0 saturated carbocycles. The van der Waals surface area contributed by atoms with Gasteiger partial charge in [-0.25, -0.2) is 9.97 Å². The summed E-state index contributed by atoms with van der Waals surface area (Å²) in [5.74, 6) is 2.35. The molecule has 0 spiro atoms. The highest BCUT2D eigenvalue weighted by atomic mass is 35.5. The molecule has 0 aromatic carbocycles. The molecule has 0 bridgehead atoms. The van der Waals surface area contributed by atoms with Gasteiger partial charge in [0.15, 0.2) is 0 Å². The number of hydrogen-bond acceptors (Lipinski definition) is 4. The molecule has 1 aliphatic heterocycles. The lowest BCUT2D eigenvalue weighted by Crippen LogP contribution is -2.21. The average molecular weight is 282 g/mol. The van der Waals surface area contributed by atoms with E-state index in [0.29, 0.717) is 5.15 Å². The zero-order valence-electron chi connectivity index (χ0n) is 10.6. The zero-order chi connectivity index (χ0) is 12.7. The Kier molecular flexibility index (Phi) is 3.26. The summed E-state index contributed by atoms with van der Waals surface area (Å²) in [6.07, 6.45) is 0. The number of rotatable bonds is 2. The van der Waals surface area contributed by atoms with Gasteiger partial charge in [-0.1, -0.05) is 25.4 Å². The standard InChI is InChI=1S/C13H16ClN3S/c1-8-5-17(6-9(8)2)7-11-15-12(14)10-3-4-18-13(10)16-11/h3-4,8-9H,5-7H2,1-2H3. The molecular formula is C13H16ClN3S. The lowest BCUT2D eigenvalue weighted by atomic mass is 10.0. The first-order valence-electron chi connectivity index (χ1n) is 6.25. The first kappa shape index (κ1) is 12.3. The first-order valence-corrected chi connectivity index (χ1v) is 7.51. The summed E-state index contributed by atoms with van der Waals surface area (Å²) in [4.78, 5) is 12.4. The Bertz CT molecular complexity index is 558. The van der Waals surface area contributed by atoms with E-state index in [4.69, 9.17) is 11.6 Å². The van der Waals surface area contributed by atoms with Gasteiger partial charge in [-0.05, 0) is 23.3 Å². The molecule has 1 aliphatic rings. The summed E-state index contributed by atoms with van der Waals surface area (Å²) in [7, 11) is 0. The van der Waals surface area contributed by atoms with Crippen molar-refractivity contribution in [3.05, 3.63) is 22.4 Å². The van der Waals surface area contributed by atoms with Gasteiger partial charge in [-0.2, -0.15) is 0 Å². The van der Waals surface area contributed by atoms with E-state index in [-0.39, 0.29) is 0 Å². The second kappa shape index (κ2) is 4.76. The molecule has 3 nitrogen and oxygen atoms in total. The summed E-state index contributed by atoms with van der Waals surface area (Å²) in [6.45, 7) is 7.68. The molecule has 96 valence electrons. The van der Waals surface area contributed by atoms with E-state index in [1.54, 1.807) is 11.3 Å². The van der Waals surface area contributed by atoms with E-state index in [9.17, 15) is 0 Å². The zero-order valence-corrected chi connectivity index (χ0v) is 12.1. The van der Waals surface area contributed by atoms with Crippen LogP contribution in [0.1, 0.15) is 19.7 Å². The van der Waals surface area contributed by atoms with E-state index in [1.165, 1.54) is 0 Å². The van der Waals surface area contributed by atoms with Crippen molar-refractivity contribution in [1.82, 2.24) is 14.9 Å². The second-order valence-corrected chi connectivity index (χ2v) is 6.47. The average Bonchev–Trinajstić information content (AvgIpc) is 2.87. The summed E-state index contributed by atoms with van der Waals surface area (Å²) < 4.78 is 0. The largest absolute Gasteiger partial charge is 0.295 e. The van der Waals surface area contributed by atoms with Gasteiger partial charge in [0.2, 0.25) is 0 Å². The SMILES string of the molecule is CC1CN(Cc2nc(Cl)c3ccsc3n2)CC1C. The van der Waals surface area contributed by atoms with Crippen LogP contribution in [-0.2, 0) is 6.54 Å². The van der Waals surface area contributed by atoms with Gasteiger partial charge in [-0.15, -0.1) is 11.3 Å². The molecule has 1 saturated heterocycles. The third-order valence-corrected chi connectivity index (χ3v) is 4.85. The van der Waals surface area contributed by atoms with Crippen molar-refractivity contribution in [3.8, 4) is 0 Å². The van der Waals surface area contributed by atoms with Crippen LogP contribution >= 0.6 is 22.9 Å². The van der Waals surface area contributed by atoms with E-state index < -0.39 is 0 Å². The fourth-order valence-corrected chi connectivity index (χ4v) is 3.60. The molecule has 2 atom stereocenters. The number of halogens is 1. The molecule has 0 aliphatic carbocycles. The normalized spacial score (nSPS) is 25.1. The van der Waals surface area contributed by atoms with Crippen LogP contribution in [0.25, 0.3) is 10.2 Å². The first-order chi connectivity index (χ1) is 8.63. The minimum Gasteiger partial charge on any atom is -0.295 e. The van der Waals surface area contributed by atoms with Gasteiger partial charge in [0.1, 0.15) is 15.8 Å². The number of aromatic nitrogens is 2. The van der Waals surface area contributed by atoms with E-state index >= 15 is 0 Å². The van der Waals surface area contributed by atoms with Gasteiger partial charge in [0, 0.05) is 18.5 Å². The fourth-order valence-electron chi connectivity index (χ4n) is 2.51. The molecule has 0 N–H and O–H groups in total. The molecule has 3 heterocycles. The van der Waals surface area contributed by atoms with Crippen molar-refractivity contribution in [2.75, 3.05) is 13.1 Å². The monoisotopic (exact) mass is 281 g/mol. The van der Waals surface area contributed by atoms with E-state index in [1.807, 2.05) is 11.4 Å². The number of likely N-dealkylation sites (tertiary alicyclic amines) is 1. The smallest absolute Gasteiger partial charge is 0.145 e. The quantitative estimate of drug-likeness (QED) is 0.790.